The number of halogens is 2. The van der Waals surface area contributed by atoms with E-state index in [1.807, 2.05) is 25.1 Å². The smallest absolute Gasteiger partial charge is 0.224 e. The third-order valence-electron chi connectivity index (χ3n) is 4.24. The molecule has 0 bridgehead atoms. The Morgan fingerprint density at radius 2 is 2.10 bits per heavy atom. The lowest BCUT2D eigenvalue weighted by atomic mass is 9.84. The van der Waals surface area contributed by atoms with Crippen molar-refractivity contribution in [2.45, 2.75) is 33.1 Å². The van der Waals surface area contributed by atoms with Crippen LogP contribution >= 0.6 is 28.3 Å². The molecule has 1 saturated heterocycles. The maximum Gasteiger partial charge on any atom is 0.224 e. The first kappa shape index (κ1) is 18.5. The molecule has 118 valence electrons. The Labute approximate surface area is 141 Å². The van der Waals surface area contributed by atoms with Gasteiger partial charge in [-0.15, -0.1) is 12.4 Å². The van der Waals surface area contributed by atoms with Gasteiger partial charge in [-0.2, -0.15) is 0 Å². The largest absolute Gasteiger partial charge is 0.326 e. The summed E-state index contributed by atoms with van der Waals surface area (Å²) in [4.78, 5) is 12.2. The molecule has 3 nitrogen and oxygen atoms in total. The van der Waals surface area contributed by atoms with Crippen molar-refractivity contribution in [3.8, 4) is 0 Å². The molecule has 2 N–H and O–H groups in total. The highest BCUT2D eigenvalue weighted by Gasteiger charge is 2.22. The molecular formula is C16H24BrClN2O. The molecule has 0 spiro atoms. The van der Waals surface area contributed by atoms with E-state index in [0.717, 1.165) is 28.8 Å². The van der Waals surface area contributed by atoms with Gasteiger partial charge < -0.3 is 10.6 Å². The van der Waals surface area contributed by atoms with Crippen molar-refractivity contribution < 1.29 is 4.79 Å². The van der Waals surface area contributed by atoms with Crippen LogP contribution in [0.2, 0.25) is 0 Å². The Morgan fingerprint density at radius 3 is 2.76 bits per heavy atom. The van der Waals surface area contributed by atoms with Crippen LogP contribution in [0.1, 0.15) is 31.7 Å². The minimum atomic E-state index is 0. The van der Waals surface area contributed by atoms with Crippen LogP contribution in [0, 0.1) is 18.8 Å². The van der Waals surface area contributed by atoms with Gasteiger partial charge in [-0.05, 0) is 62.4 Å². The minimum absolute atomic E-state index is 0. The second-order valence-corrected chi connectivity index (χ2v) is 6.58. The molecule has 21 heavy (non-hydrogen) atoms. The number of carbonyl (C=O) groups excluding carboxylic acids is 1. The molecule has 0 aliphatic carbocycles. The summed E-state index contributed by atoms with van der Waals surface area (Å²) in [5, 5.41) is 6.41. The van der Waals surface area contributed by atoms with Gasteiger partial charge in [0.2, 0.25) is 5.91 Å². The van der Waals surface area contributed by atoms with Crippen molar-refractivity contribution in [1.82, 2.24) is 5.32 Å². The first-order valence-electron chi connectivity index (χ1n) is 7.33. The first-order valence-corrected chi connectivity index (χ1v) is 8.13. The Kier molecular flexibility index (Phi) is 7.71. The number of piperidine rings is 1. The molecule has 0 radical (unpaired) electrons. The summed E-state index contributed by atoms with van der Waals surface area (Å²) in [6.07, 6.45) is 2.98. The van der Waals surface area contributed by atoms with E-state index < -0.39 is 0 Å². The number of benzene rings is 1. The standard InChI is InChI=1S/C16H23BrN2O.ClH/c1-11(13-6-8-18-9-7-13)10-16(20)19-15-5-3-4-14(17)12(15)2;/h3-5,11,13,18H,6-10H2,1-2H3,(H,19,20);1H. The van der Waals surface area contributed by atoms with Crippen molar-refractivity contribution in [3.05, 3.63) is 28.2 Å². The molecule has 0 saturated carbocycles. The van der Waals surface area contributed by atoms with Crippen LogP contribution in [0.5, 0.6) is 0 Å². The average molecular weight is 376 g/mol. The summed E-state index contributed by atoms with van der Waals surface area (Å²) in [6.45, 7) is 6.38. The van der Waals surface area contributed by atoms with E-state index in [-0.39, 0.29) is 18.3 Å². The molecule has 1 unspecified atom stereocenters. The highest BCUT2D eigenvalue weighted by molar-refractivity contribution is 9.10. The van der Waals surface area contributed by atoms with E-state index in [2.05, 4.69) is 33.5 Å². The summed E-state index contributed by atoms with van der Waals surface area (Å²) in [5.74, 6) is 1.24. The van der Waals surface area contributed by atoms with Crippen molar-refractivity contribution >= 4 is 39.9 Å². The summed E-state index contributed by atoms with van der Waals surface area (Å²) in [6, 6.07) is 5.89. The molecule has 1 aromatic carbocycles. The quantitative estimate of drug-likeness (QED) is 0.830. The van der Waals surface area contributed by atoms with E-state index in [9.17, 15) is 4.79 Å². The Hall–Kier alpha value is -0.580. The fourth-order valence-corrected chi connectivity index (χ4v) is 3.18. The molecule has 1 heterocycles. The predicted molar refractivity (Wildman–Crippen MR) is 94.1 cm³/mol. The Bertz CT molecular complexity index is 475. The maximum atomic E-state index is 12.2. The molecule has 0 aromatic heterocycles. The summed E-state index contributed by atoms with van der Waals surface area (Å²) < 4.78 is 1.03. The van der Waals surface area contributed by atoms with Crippen LogP contribution in [-0.2, 0) is 4.79 Å². The minimum Gasteiger partial charge on any atom is -0.326 e. The van der Waals surface area contributed by atoms with E-state index >= 15 is 0 Å². The normalized spacial score (nSPS) is 16.9. The van der Waals surface area contributed by atoms with E-state index in [1.54, 1.807) is 0 Å². The van der Waals surface area contributed by atoms with E-state index in [4.69, 9.17) is 0 Å². The fourth-order valence-electron chi connectivity index (χ4n) is 2.82. The van der Waals surface area contributed by atoms with Crippen LogP contribution in [0.4, 0.5) is 5.69 Å². The van der Waals surface area contributed by atoms with Gasteiger partial charge in [-0.25, -0.2) is 0 Å². The van der Waals surface area contributed by atoms with Gasteiger partial charge in [-0.1, -0.05) is 28.9 Å². The molecule has 2 rings (SSSR count). The fraction of sp³-hybridized carbons (Fsp3) is 0.562. The SMILES string of the molecule is Cc1c(Br)cccc1NC(=O)CC(C)C1CCNCC1.Cl. The average Bonchev–Trinajstić information content (AvgIpc) is 2.45. The van der Waals surface area contributed by atoms with Crippen LogP contribution in [0.3, 0.4) is 0 Å². The van der Waals surface area contributed by atoms with Crippen molar-refractivity contribution in [3.63, 3.8) is 0 Å². The molecular weight excluding hydrogens is 352 g/mol. The summed E-state index contributed by atoms with van der Waals surface area (Å²) >= 11 is 3.49. The number of hydrogen-bond donors (Lipinski definition) is 2. The van der Waals surface area contributed by atoms with Crippen LogP contribution in [0.25, 0.3) is 0 Å². The Morgan fingerprint density at radius 1 is 1.43 bits per heavy atom. The molecule has 1 aliphatic rings. The summed E-state index contributed by atoms with van der Waals surface area (Å²) in [5.41, 5.74) is 1.98. The number of rotatable bonds is 4. The van der Waals surface area contributed by atoms with Gasteiger partial charge in [0.05, 0.1) is 0 Å². The molecule has 5 heteroatoms. The predicted octanol–water partition coefficient (Wildman–Crippen LogP) is 4.14. The lowest BCUT2D eigenvalue weighted by Crippen LogP contribution is -2.32. The van der Waals surface area contributed by atoms with Crippen molar-refractivity contribution in [2.24, 2.45) is 11.8 Å². The summed E-state index contributed by atoms with van der Waals surface area (Å²) in [7, 11) is 0. The highest BCUT2D eigenvalue weighted by atomic mass is 79.9. The monoisotopic (exact) mass is 374 g/mol. The lowest BCUT2D eigenvalue weighted by Gasteiger charge is -2.28. The molecule has 1 amide bonds. The zero-order valence-electron chi connectivity index (χ0n) is 12.6. The van der Waals surface area contributed by atoms with Gasteiger partial charge >= 0.3 is 0 Å². The lowest BCUT2D eigenvalue weighted by molar-refractivity contribution is -0.117. The van der Waals surface area contributed by atoms with Crippen LogP contribution < -0.4 is 10.6 Å². The van der Waals surface area contributed by atoms with Crippen molar-refractivity contribution in [1.29, 1.82) is 0 Å². The number of carbonyl (C=O) groups is 1. The first-order chi connectivity index (χ1) is 9.58. The number of hydrogen-bond acceptors (Lipinski definition) is 2. The number of nitrogens with one attached hydrogen (secondary N) is 2. The highest BCUT2D eigenvalue weighted by Crippen LogP contribution is 2.26. The second kappa shape index (κ2) is 8.76. The van der Waals surface area contributed by atoms with Crippen LogP contribution in [0.15, 0.2) is 22.7 Å². The second-order valence-electron chi connectivity index (χ2n) is 5.73. The third kappa shape index (κ3) is 5.28. The number of anilines is 1. The van der Waals surface area contributed by atoms with Gasteiger partial charge in [0.15, 0.2) is 0 Å². The van der Waals surface area contributed by atoms with E-state index in [0.29, 0.717) is 18.3 Å². The molecule has 1 aromatic rings. The zero-order chi connectivity index (χ0) is 14.5. The molecule has 1 fully saturated rings. The Balaban J connectivity index is 0.00000220. The third-order valence-corrected chi connectivity index (χ3v) is 5.10. The van der Waals surface area contributed by atoms with Crippen molar-refractivity contribution in [2.75, 3.05) is 18.4 Å². The van der Waals surface area contributed by atoms with Crippen LogP contribution in [-0.4, -0.2) is 19.0 Å². The molecule has 1 aliphatic heterocycles. The van der Waals surface area contributed by atoms with E-state index in [1.165, 1.54) is 12.8 Å². The number of amides is 1. The van der Waals surface area contributed by atoms with Gasteiger partial charge in [0.25, 0.3) is 0 Å². The zero-order valence-corrected chi connectivity index (χ0v) is 15.0. The topological polar surface area (TPSA) is 41.1 Å². The van der Waals surface area contributed by atoms with Gasteiger partial charge in [-0.3, -0.25) is 4.79 Å². The van der Waals surface area contributed by atoms with Gasteiger partial charge in [0.1, 0.15) is 0 Å². The molecule has 1 atom stereocenters. The maximum absolute atomic E-state index is 12.2. The van der Waals surface area contributed by atoms with Gasteiger partial charge in [0, 0.05) is 16.6 Å².